The van der Waals surface area contributed by atoms with Gasteiger partial charge in [0.2, 0.25) is 5.95 Å². The zero-order valence-corrected chi connectivity index (χ0v) is 14.1. The fraction of sp³-hybridized carbons (Fsp3) is 0.278. The Bertz CT molecular complexity index is 916. The number of H-pyrrole nitrogens is 1. The van der Waals surface area contributed by atoms with Crippen molar-refractivity contribution in [1.82, 2.24) is 19.7 Å². The molecule has 1 aromatic carbocycles. The fourth-order valence-corrected chi connectivity index (χ4v) is 2.41. The predicted octanol–water partition coefficient (Wildman–Crippen LogP) is 3.00. The largest absolute Gasteiger partial charge is 0.352 e. The van der Waals surface area contributed by atoms with Crippen LogP contribution in [-0.2, 0) is 5.54 Å². The van der Waals surface area contributed by atoms with E-state index in [-0.39, 0.29) is 11.1 Å². The van der Waals surface area contributed by atoms with E-state index in [1.807, 2.05) is 63.3 Å². The molecule has 0 unspecified atom stereocenters. The van der Waals surface area contributed by atoms with Gasteiger partial charge in [0.25, 0.3) is 5.56 Å². The highest BCUT2D eigenvalue weighted by atomic mass is 16.1. The van der Waals surface area contributed by atoms with E-state index in [2.05, 4.69) is 20.4 Å². The Morgan fingerprint density at radius 3 is 2.71 bits per heavy atom. The molecule has 2 aromatic heterocycles. The van der Waals surface area contributed by atoms with Crippen molar-refractivity contribution in [3.05, 3.63) is 58.5 Å². The fourth-order valence-electron chi connectivity index (χ4n) is 2.41. The molecule has 0 saturated heterocycles. The molecule has 0 bridgehead atoms. The van der Waals surface area contributed by atoms with Crippen LogP contribution in [0.15, 0.2) is 47.4 Å². The van der Waals surface area contributed by atoms with Crippen molar-refractivity contribution in [2.75, 3.05) is 11.9 Å². The van der Waals surface area contributed by atoms with Crippen LogP contribution in [0.1, 0.15) is 26.3 Å². The van der Waals surface area contributed by atoms with Crippen molar-refractivity contribution in [3.63, 3.8) is 0 Å². The normalized spacial score (nSPS) is 12.1. The third kappa shape index (κ3) is 3.37. The lowest BCUT2D eigenvalue weighted by Gasteiger charge is -2.19. The van der Waals surface area contributed by atoms with E-state index in [4.69, 9.17) is 0 Å². The van der Waals surface area contributed by atoms with Crippen LogP contribution in [0.2, 0.25) is 0 Å². The van der Waals surface area contributed by atoms with Gasteiger partial charge < -0.3 is 5.32 Å². The van der Waals surface area contributed by atoms with Gasteiger partial charge in [-0.3, -0.25) is 9.78 Å². The number of hydrogen-bond acceptors (Lipinski definition) is 4. The van der Waals surface area contributed by atoms with Gasteiger partial charge in [0.15, 0.2) is 5.65 Å². The van der Waals surface area contributed by atoms with Gasteiger partial charge in [-0.1, -0.05) is 42.5 Å². The van der Waals surface area contributed by atoms with E-state index in [0.717, 1.165) is 5.56 Å². The molecular formula is C18H21N5O. The molecule has 124 valence electrons. The zero-order valence-electron chi connectivity index (χ0n) is 14.1. The molecule has 0 atom stereocenters. The highest BCUT2D eigenvalue weighted by Crippen LogP contribution is 2.18. The van der Waals surface area contributed by atoms with E-state index < -0.39 is 0 Å². The molecule has 2 heterocycles. The SMILES string of the molecule is CC(C)(C)n1ncc2c(=O)[nH]c(NCC=Cc3ccccc3)nc21. The number of anilines is 1. The molecule has 6 heteroatoms. The second-order valence-corrected chi connectivity index (χ2v) is 6.57. The Labute approximate surface area is 140 Å². The van der Waals surface area contributed by atoms with Crippen LogP contribution in [0, 0.1) is 0 Å². The van der Waals surface area contributed by atoms with Crippen LogP contribution >= 0.6 is 0 Å². The molecule has 2 N–H and O–H groups in total. The van der Waals surface area contributed by atoms with Crippen LogP contribution in [0.25, 0.3) is 17.1 Å². The molecule has 24 heavy (non-hydrogen) atoms. The number of nitrogens with zero attached hydrogens (tertiary/aromatic N) is 3. The lowest BCUT2D eigenvalue weighted by Crippen LogP contribution is -2.24. The van der Waals surface area contributed by atoms with Crippen LogP contribution in [-0.4, -0.2) is 26.3 Å². The lowest BCUT2D eigenvalue weighted by molar-refractivity contribution is 0.366. The molecule has 0 aliphatic heterocycles. The molecule has 0 aliphatic rings. The summed E-state index contributed by atoms with van der Waals surface area (Å²) in [5.74, 6) is 0.441. The molecule has 6 nitrogen and oxygen atoms in total. The molecule has 0 saturated carbocycles. The minimum absolute atomic E-state index is 0.190. The van der Waals surface area contributed by atoms with Crippen LogP contribution in [0.3, 0.4) is 0 Å². The van der Waals surface area contributed by atoms with E-state index in [9.17, 15) is 4.79 Å². The monoisotopic (exact) mass is 323 g/mol. The number of hydrogen-bond donors (Lipinski definition) is 2. The van der Waals surface area contributed by atoms with Crippen LogP contribution in [0.4, 0.5) is 5.95 Å². The number of rotatable bonds is 4. The van der Waals surface area contributed by atoms with Crippen LogP contribution in [0.5, 0.6) is 0 Å². The summed E-state index contributed by atoms with van der Waals surface area (Å²) >= 11 is 0. The summed E-state index contributed by atoms with van der Waals surface area (Å²) in [6.07, 6.45) is 5.56. The molecule has 3 rings (SSSR count). The molecular weight excluding hydrogens is 302 g/mol. The maximum atomic E-state index is 12.2. The van der Waals surface area contributed by atoms with Gasteiger partial charge in [-0.2, -0.15) is 10.1 Å². The van der Waals surface area contributed by atoms with Gasteiger partial charge >= 0.3 is 0 Å². The quantitative estimate of drug-likeness (QED) is 0.774. The lowest BCUT2D eigenvalue weighted by atomic mass is 10.1. The summed E-state index contributed by atoms with van der Waals surface area (Å²) in [7, 11) is 0. The molecule has 0 fully saturated rings. The number of nitrogens with one attached hydrogen (secondary N) is 2. The van der Waals surface area contributed by atoms with E-state index in [0.29, 0.717) is 23.5 Å². The standard InChI is InChI=1S/C18H21N5O/c1-18(2,3)23-15-14(12-20-23)16(24)22-17(21-15)19-11-7-10-13-8-5-4-6-9-13/h4-10,12H,11H2,1-3H3,(H2,19,21,22,24). The van der Waals surface area contributed by atoms with Crippen molar-refractivity contribution < 1.29 is 0 Å². The predicted molar refractivity (Wildman–Crippen MR) is 97.1 cm³/mol. The zero-order chi connectivity index (χ0) is 17.2. The molecule has 0 amide bonds. The summed E-state index contributed by atoms with van der Waals surface area (Å²) < 4.78 is 1.77. The minimum Gasteiger partial charge on any atom is -0.352 e. The van der Waals surface area contributed by atoms with E-state index >= 15 is 0 Å². The van der Waals surface area contributed by atoms with Crippen molar-refractivity contribution in [3.8, 4) is 0 Å². The van der Waals surface area contributed by atoms with Crippen molar-refractivity contribution in [2.45, 2.75) is 26.3 Å². The number of aromatic amines is 1. The first-order valence-electron chi connectivity index (χ1n) is 7.89. The summed E-state index contributed by atoms with van der Waals surface area (Å²) in [5, 5.41) is 7.91. The second kappa shape index (κ2) is 6.31. The maximum absolute atomic E-state index is 12.2. The van der Waals surface area contributed by atoms with Crippen molar-refractivity contribution >= 4 is 23.1 Å². The highest BCUT2D eigenvalue weighted by molar-refractivity contribution is 5.74. The van der Waals surface area contributed by atoms with Gasteiger partial charge in [0.1, 0.15) is 5.39 Å². The number of aromatic nitrogens is 4. The first-order chi connectivity index (χ1) is 11.4. The van der Waals surface area contributed by atoms with Crippen molar-refractivity contribution in [2.24, 2.45) is 0 Å². The Morgan fingerprint density at radius 2 is 2.00 bits per heavy atom. The van der Waals surface area contributed by atoms with Gasteiger partial charge in [0, 0.05) is 6.54 Å². The summed E-state index contributed by atoms with van der Waals surface area (Å²) in [5.41, 5.74) is 1.28. The summed E-state index contributed by atoms with van der Waals surface area (Å²) in [6, 6.07) is 10.0. The average Bonchev–Trinajstić information content (AvgIpc) is 2.97. The first-order valence-corrected chi connectivity index (χ1v) is 7.89. The highest BCUT2D eigenvalue weighted by Gasteiger charge is 2.19. The Balaban J connectivity index is 1.80. The summed E-state index contributed by atoms with van der Waals surface area (Å²) in [6.45, 7) is 6.64. The Hall–Kier alpha value is -2.89. The molecule has 0 radical (unpaired) electrons. The second-order valence-electron chi connectivity index (χ2n) is 6.57. The van der Waals surface area contributed by atoms with Crippen molar-refractivity contribution in [1.29, 1.82) is 0 Å². The third-order valence-corrected chi connectivity index (χ3v) is 3.57. The topological polar surface area (TPSA) is 75.6 Å². The van der Waals surface area contributed by atoms with Gasteiger partial charge in [-0.15, -0.1) is 0 Å². The summed E-state index contributed by atoms with van der Waals surface area (Å²) in [4.78, 5) is 19.4. The average molecular weight is 323 g/mol. The van der Waals surface area contributed by atoms with E-state index in [1.165, 1.54) is 0 Å². The minimum atomic E-state index is -0.243. The maximum Gasteiger partial charge on any atom is 0.263 e. The molecule has 3 aromatic rings. The molecule has 0 aliphatic carbocycles. The van der Waals surface area contributed by atoms with E-state index in [1.54, 1.807) is 10.9 Å². The number of benzene rings is 1. The van der Waals surface area contributed by atoms with Gasteiger partial charge in [0.05, 0.1) is 11.7 Å². The first kappa shape index (κ1) is 16.0. The van der Waals surface area contributed by atoms with Gasteiger partial charge in [-0.05, 0) is 26.3 Å². The Kier molecular flexibility index (Phi) is 4.20. The van der Waals surface area contributed by atoms with Crippen LogP contribution < -0.4 is 10.9 Å². The number of fused-ring (bicyclic) bond motifs is 1. The van der Waals surface area contributed by atoms with Gasteiger partial charge in [-0.25, -0.2) is 4.68 Å². The molecule has 0 spiro atoms. The smallest absolute Gasteiger partial charge is 0.263 e. The third-order valence-electron chi connectivity index (χ3n) is 3.57. The Morgan fingerprint density at radius 1 is 1.25 bits per heavy atom.